The summed E-state index contributed by atoms with van der Waals surface area (Å²) in [6.07, 6.45) is 7.95. The average Bonchev–Trinajstić information content (AvgIpc) is 3.46. The minimum absolute atomic E-state index is 0.0466. The van der Waals surface area contributed by atoms with Gasteiger partial charge in [0, 0.05) is 79.8 Å². The fraction of sp³-hybridized carbons (Fsp3) is 0.452. The molecule has 0 amide bonds. The molecular formula is C42H46FN9O3. The lowest BCUT2D eigenvalue weighted by Crippen LogP contribution is -2.44. The average molecular weight is 744 g/mol. The van der Waals surface area contributed by atoms with Crippen LogP contribution in [0.15, 0.2) is 42.6 Å². The van der Waals surface area contributed by atoms with E-state index in [2.05, 4.69) is 62.8 Å². The summed E-state index contributed by atoms with van der Waals surface area (Å²) in [7, 11) is 1.94. The summed E-state index contributed by atoms with van der Waals surface area (Å²) in [6, 6.07) is 13.3. The molecular weight excluding hydrogens is 698 g/mol. The smallest absolute Gasteiger partial charge is 0.319 e. The van der Waals surface area contributed by atoms with Gasteiger partial charge >= 0.3 is 6.01 Å². The molecule has 1 saturated carbocycles. The van der Waals surface area contributed by atoms with Gasteiger partial charge in [0.2, 0.25) is 0 Å². The van der Waals surface area contributed by atoms with Crippen LogP contribution in [0, 0.1) is 12.7 Å². The molecule has 3 aromatic heterocycles. The van der Waals surface area contributed by atoms with Crippen LogP contribution in [0.4, 0.5) is 10.2 Å². The first-order valence-electron chi connectivity index (χ1n) is 19.7. The maximum atomic E-state index is 15.9. The third-order valence-corrected chi connectivity index (χ3v) is 11.9. The molecule has 2 atom stereocenters. The highest BCUT2D eigenvalue weighted by Crippen LogP contribution is 2.53. The Morgan fingerprint density at radius 3 is 2.53 bits per heavy atom. The first-order chi connectivity index (χ1) is 26.9. The molecule has 0 unspecified atom stereocenters. The number of ether oxygens (including phenoxy) is 3. The molecule has 3 aliphatic heterocycles. The van der Waals surface area contributed by atoms with Crippen LogP contribution in [0.1, 0.15) is 78.8 Å². The quantitative estimate of drug-likeness (QED) is 0.153. The predicted molar refractivity (Wildman–Crippen MR) is 207 cm³/mol. The molecule has 4 fully saturated rings. The summed E-state index contributed by atoms with van der Waals surface area (Å²) >= 11 is 0. The second-order valence-corrected chi connectivity index (χ2v) is 15.6. The zero-order chi connectivity index (χ0) is 37.2. The van der Waals surface area contributed by atoms with Crippen molar-refractivity contribution in [2.45, 2.75) is 89.5 Å². The molecule has 12 nitrogen and oxygen atoms in total. The summed E-state index contributed by atoms with van der Waals surface area (Å²) < 4.78 is 37.0. The lowest BCUT2D eigenvalue weighted by molar-refractivity contribution is 0.0219. The molecule has 6 aromatic rings. The van der Waals surface area contributed by atoms with Gasteiger partial charge in [-0.25, -0.2) is 9.37 Å². The molecule has 3 aromatic carbocycles. The van der Waals surface area contributed by atoms with E-state index >= 15 is 4.39 Å². The van der Waals surface area contributed by atoms with Gasteiger partial charge in [-0.2, -0.15) is 20.2 Å². The third-order valence-electron chi connectivity index (χ3n) is 11.9. The van der Waals surface area contributed by atoms with Crippen molar-refractivity contribution in [2.75, 3.05) is 31.2 Å². The number of fused-ring (bicyclic) bond motifs is 4. The molecule has 4 aliphatic rings. The Labute approximate surface area is 318 Å². The van der Waals surface area contributed by atoms with Crippen molar-refractivity contribution in [3.8, 4) is 22.9 Å². The van der Waals surface area contributed by atoms with E-state index in [1.165, 1.54) is 6.07 Å². The highest BCUT2D eigenvalue weighted by molar-refractivity contribution is 6.06. The number of halogens is 1. The van der Waals surface area contributed by atoms with Crippen molar-refractivity contribution in [3.63, 3.8) is 0 Å². The molecule has 6 heterocycles. The standard InChI is InChI=1S/C42H46FN9O3/c1-4-36-46-35(50-51(36)3)15-24-5-7-25(8-6-24)22-54-40-38(37-23(2)33(43)18-34-32(37)20-45-49-34)30(26-9-10-26)17-31-39(40)47-42(55-29-11-13-53-14-12-29)48-41(31)52-21-27-16-28(52)19-44-27/h5-8,17-18,20,26-29,44H,4,9-16,19,21-22H2,1-3H3,(H,45,49)/t27-,28-/m0/s1. The van der Waals surface area contributed by atoms with Crippen LogP contribution >= 0.6 is 0 Å². The van der Waals surface area contributed by atoms with E-state index in [9.17, 15) is 0 Å². The van der Waals surface area contributed by atoms with E-state index in [4.69, 9.17) is 29.2 Å². The second-order valence-electron chi connectivity index (χ2n) is 15.6. The monoisotopic (exact) mass is 743 g/mol. The SMILES string of the molecule is CCc1nc(Cc2ccc(COc3c(-c4c(C)c(F)cc5[nH]ncc45)c(C4CC4)cc4c(N5C[C@@H]6C[C@H]5CN6)nc(OC5CCOCC5)nc34)cc2)nn1C. The largest absolute Gasteiger partial charge is 0.486 e. The van der Waals surface area contributed by atoms with Crippen LogP contribution in [0.5, 0.6) is 11.8 Å². The molecule has 10 rings (SSSR count). The predicted octanol–water partition coefficient (Wildman–Crippen LogP) is 6.47. The van der Waals surface area contributed by atoms with Crippen LogP contribution in [0.25, 0.3) is 32.9 Å². The number of aromatic amines is 1. The van der Waals surface area contributed by atoms with Gasteiger partial charge in [0.1, 0.15) is 35.7 Å². The number of aryl methyl sites for hydroxylation is 2. The Kier molecular flexibility index (Phi) is 8.66. The molecule has 55 heavy (non-hydrogen) atoms. The zero-order valence-corrected chi connectivity index (χ0v) is 31.6. The molecule has 1 aliphatic carbocycles. The van der Waals surface area contributed by atoms with Crippen molar-refractivity contribution in [2.24, 2.45) is 7.05 Å². The minimum atomic E-state index is -0.295. The molecule has 0 spiro atoms. The van der Waals surface area contributed by atoms with Crippen LogP contribution in [0.2, 0.25) is 0 Å². The number of anilines is 1. The molecule has 284 valence electrons. The number of nitrogens with zero attached hydrogens (tertiary/aromatic N) is 7. The lowest BCUT2D eigenvalue weighted by atomic mass is 9.88. The Balaban J connectivity index is 1.12. The Hall–Kier alpha value is -5.14. The molecule has 0 radical (unpaired) electrons. The van der Waals surface area contributed by atoms with Crippen molar-refractivity contribution in [1.29, 1.82) is 0 Å². The number of piperazine rings is 1. The maximum Gasteiger partial charge on any atom is 0.319 e. The van der Waals surface area contributed by atoms with E-state index in [0.29, 0.717) is 66.0 Å². The fourth-order valence-electron chi connectivity index (χ4n) is 8.80. The number of nitrogens with one attached hydrogen (secondary N) is 2. The van der Waals surface area contributed by atoms with E-state index in [1.54, 1.807) is 6.20 Å². The van der Waals surface area contributed by atoms with Gasteiger partial charge in [-0.05, 0) is 66.5 Å². The first kappa shape index (κ1) is 34.4. The first-order valence-corrected chi connectivity index (χ1v) is 19.7. The third kappa shape index (κ3) is 6.36. The summed E-state index contributed by atoms with van der Waals surface area (Å²) in [5, 5.41) is 17.4. The zero-order valence-electron chi connectivity index (χ0n) is 31.6. The Morgan fingerprint density at radius 2 is 1.80 bits per heavy atom. The van der Waals surface area contributed by atoms with Gasteiger partial charge in [0.15, 0.2) is 11.6 Å². The Bertz CT molecular complexity index is 2400. The van der Waals surface area contributed by atoms with E-state index < -0.39 is 0 Å². The van der Waals surface area contributed by atoms with Crippen LogP contribution < -0.4 is 19.7 Å². The van der Waals surface area contributed by atoms with Crippen molar-refractivity contribution >= 4 is 27.6 Å². The van der Waals surface area contributed by atoms with E-state index in [0.717, 1.165) is 108 Å². The molecule has 13 heteroatoms. The van der Waals surface area contributed by atoms with Crippen molar-refractivity contribution in [3.05, 3.63) is 82.3 Å². The van der Waals surface area contributed by atoms with Crippen LogP contribution in [0.3, 0.4) is 0 Å². The second kappa shape index (κ2) is 13.9. The van der Waals surface area contributed by atoms with Crippen LogP contribution in [-0.4, -0.2) is 79.4 Å². The lowest BCUT2D eigenvalue weighted by Gasteiger charge is -2.31. The van der Waals surface area contributed by atoms with Gasteiger partial charge in [0.05, 0.1) is 24.9 Å². The summed E-state index contributed by atoms with van der Waals surface area (Å²) in [4.78, 5) is 17.5. The highest BCUT2D eigenvalue weighted by atomic mass is 19.1. The fourth-order valence-corrected chi connectivity index (χ4v) is 8.80. The highest BCUT2D eigenvalue weighted by Gasteiger charge is 2.40. The summed E-state index contributed by atoms with van der Waals surface area (Å²) in [5.74, 6) is 3.29. The summed E-state index contributed by atoms with van der Waals surface area (Å²) in [5.41, 5.74) is 6.78. The number of H-pyrrole nitrogens is 1. The maximum absolute atomic E-state index is 15.9. The van der Waals surface area contributed by atoms with Gasteiger partial charge < -0.3 is 24.4 Å². The number of benzene rings is 3. The van der Waals surface area contributed by atoms with Gasteiger partial charge in [-0.3, -0.25) is 9.78 Å². The number of hydrogen-bond donors (Lipinski definition) is 2. The topological polar surface area (TPSA) is 128 Å². The van der Waals surface area contributed by atoms with Gasteiger partial charge in [0.25, 0.3) is 0 Å². The summed E-state index contributed by atoms with van der Waals surface area (Å²) in [6.45, 7) is 7.29. The molecule has 3 saturated heterocycles. The van der Waals surface area contributed by atoms with E-state index in [1.807, 2.05) is 18.7 Å². The molecule has 2 N–H and O–H groups in total. The normalized spacial score (nSPS) is 20.0. The van der Waals surface area contributed by atoms with Gasteiger partial charge in [-0.1, -0.05) is 31.2 Å². The molecule has 2 bridgehead atoms. The minimum Gasteiger partial charge on any atom is -0.486 e. The van der Waals surface area contributed by atoms with Crippen molar-refractivity contribution < 1.29 is 18.6 Å². The van der Waals surface area contributed by atoms with Crippen molar-refractivity contribution in [1.82, 2.24) is 40.2 Å². The number of hydrogen-bond acceptors (Lipinski definition) is 10. The number of aromatic nitrogens is 7. The van der Waals surface area contributed by atoms with Crippen LogP contribution in [-0.2, 0) is 31.2 Å². The van der Waals surface area contributed by atoms with Gasteiger partial charge in [-0.15, -0.1) is 0 Å². The van der Waals surface area contributed by atoms with E-state index in [-0.39, 0.29) is 18.5 Å². The Morgan fingerprint density at radius 1 is 0.982 bits per heavy atom. The number of rotatable bonds is 11.